The fourth-order valence-corrected chi connectivity index (χ4v) is 1.41. The smallest absolute Gasteiger partial charge is 0.283 e. The molecule has 7 nitrogen and oxygen atoms in total. The first-order valence-electron chi connectivity index (χ1n) is 5.65. The molecule has 100 valence electrons. The van der Waals surface area contributed by atoms with Gasteiger partial charge in [-0.15, -0.1) is 0 Å². The van der Waals surface area contributed by atoms with Gasteiger partial charge in [-0.05, 0) is 5.92 Å². The maximum absolute atomic E-state index is 11.6. The Morgan fingerprint density at radius 1 is 1.28 bits per heavy atom. The molecule has 18 heavy (non-hydrogen) atoms. The van der Waals surface area contributed by atoms with Gasteiger partial charge in [0.2, 0.25) is 5.91 Å². The summed E-state index contributed by atoms with van der Waals surface area (Å²) >= 11 is 0. The van der Waals surface area contributed by atoms with Gasteiger partial charge in [-0.2, -0.15) is 0 Å². The van der Waals surface area contributed by atoms with Crippen LogP contribution in [0.4, 0.5) is 5.82 Å². The average Bonchev–Trinajstić information content (AvgIpc) is 2.28. The molecule has 0 aliphatic heterocycles. The van der Waals surface area contributed by atoms with Gasteiger partial charge in [0.1, 0.15) is 5.82 Å². The third-order valence-electron chi connectivity index (χ3n) is 2.45. The van der Waals surface area contributed by atoms with Gasteiger partial charge in [-0.25, -0.2) is 4.79 Å². The van der Waals surface area contributed by atoms with Crippen LogP contribution in [0.25, 0.3) is 0 Å². The van der Waals surface area contributed by atoms with E-state index >= 15 is 0 Å². The van der Waals surface area contributed by atoms with Crippen molar-refractivity contribution in [2.24, 2.45) is 20.0 Å². The molecule has 0 unspecified atom stereocenters. The lowest BCUT2D eigenvalue weighted by Crippen LogP contribution is -2.40. The van der Waals surface area contributed by atoms with Crippen molar-refractivity contribution in [1.29, 1.82) is 0 Å². The second-order valence-electron chi connectivity index (χ2n) is 4.54. The molecule has 1 aromatic rings. The summed E-state index contributed by atoms with van der Waals surface area (Å²) in [6, 6.07) is 1.25. The van der Waals surface area contributed by atoms with Gasteiger partial charge in [0.05, 0.1) is 0 Å². The van der Waals surface area contributed by atoms with Crippen LogP contribution < -0.4 is 22.1 Å². The van der Waals surface area contributed by atoms with E-state index < -0.39 is 11.2 Å². The number of rotatable bonds is 4. The van der Waals surface area contributed by atoms with Crippen molar-refractivity contribution in [3.05, 3.63) is 26.9 Å². The summed E-state index contributed by atoms with van der Waals surface area (Å²) in [6.45, 7) is 3.85. The van der Waals surface area contributed by atoms with E-state index in [1.54, 1.807) is 0 Å². The molecule has 0 radical (unpaired) electrons. The molecule has 0 aromatic carbocycles. The minimum absolute atomic E-state index is 0.196. The molecule has 0 aliphatic carbocycles. The zero-order chi connectivity index (χ0) is 13.9. The molecule has 0 saturated carbocycles. The highest BCUT2D eigenvalue weighted by molar-refractivity contribution is 5.77. The number of hydrogen-bond acceptors (Lipinski definition) is 4. The molecule has 0 fully saturated rings. The van der Waals surface area contributed by atoms with Crippen molar-refractivity contribution < 1.29 is 4.79 Å². The van der Waals surface area contributed by atoms with Crippen molar-refractivity contribution in [2.75, 3.05) is 5.43 Å². The van der Waals surface area contributed by atoms with Gasteiger partial charge in [0.15, 0.2) is 0 Å². The zero-order valence-corrected chi connectivity index (χ0v) is 11.0. The minimum Gasteiger partial charge on any atom is -0.283 e. The molecule has 1 rings (SSSR count). The summed E-state index contributed by atoms with van der Waals surface area (Å²) in [5, 5.41) is 0. The first kappa shape index (κ1) is 14.0. The molecule has 1 heterocycles. The molecule has 0 spiro atoms. The summed E-state index contributed by atoms with van der Waals surface area (Å²) in [5.74, 6) is 0.289. The third kappa shape index (κ3) is 3.22. The SMILES string of the molecule is CC(C)CC(=O)NNc1cc(=O)n(C)c(=O)n1C. The lowest BCUT2D eigenvalue weighted by molar-refractivity contribution is -0.121. The lowest BCUT2D eigenvalue weighted by Gasteiger charge is -2.13. The fourth-order valence-electron chi connectivity index (χ4n) is 1.41. The van der Waals surface area contributed by atoms with Crippen LogP contribution >= 0.6 is 0 Å². The average molecular weight is 254 g/mol. The number of aromatic nitrogens is 2. The largest absolute Gasteiger partial charge is 0.332 e. The summed E-state index contributed by atoms with van der Waals surface area (Å²) < 4.78 is 2.23. The molecule has 7 heteroatoms. The Morgan fingerprint density at radius 3 is 2.44 bits per heavy atom. The number of hydrazine groups is 1. The van der Waals surface area contributed by atoms with E-state index in [-0.39, 0.29) is 17.6 Å². The third-order valence-corrected chi connectivity index (χ3v) is 2.45. The Morgan fingerprint density at radius 2 is 1.89 bits per heavy atom. The van der Waals surface area contributed by atoms with Crippen LogP contribution in [0, 0.1) is 5.92 Å². The predicted octanol–water partition coefficient (Wildman–Crippen LogP) is -0.427. The van der Waals surface area contributed by atoms with Crippen LogP contribution in [0.3, 0.4) is 0 Å². The molecular formula is C11H18N4O3. The first-order valence-corrected chi connectivity index (χ1v) is 5.65. The van der Waals surface area contributed by atoms with Crippen LogP contribution in [0.2, 0.25) is 0 Å². The molecule has 0 aliphatic rings. The topological polar surface area (TPSA) is 85.1 Å². The van der Waals surface area contributed by atoms with E-state index in [1.165, 1.54) is 24.7 Å². The Balaban J connectivity index is 2.84. The van der Waals surface area contributed by atoms with Crippen LogP contribution in [0.1, 0.15) is 20.3 Å². The van der Waals surface area contributed by atoms with E-state index in [2.05, 4.69) is 10.9 Å². The number of carbonyl (C=O) groups excluding carboxylic acids is 1. The molecule has 1 amide bonds. The maximum atomic E-state index is 11.6. The summed E-state index contributed by atoms with van der Waals surface area (Å²) in [7, 11) is 2.91. The van der Waals surface area contributed by atoms with Gasteiger partial charge in [0, 0.05) is 26.6 Å². The van der Waals surface area contributed by atoms with E-state index in [1.807, 2.05) is 13.8 Å². The second-order valence-corrected chi connectivity index (χ2v) is 4.54. The molecule has 2 N–H and O–H groups in total. The highest BCUT2D eigenvalue weighted by Crippen LogP contribution is 1.99. The highest BCUT2D eigenvalue weighted by Gasteiger charge is 2.07. The number of anilines is 1. The van der Waals surface area contributed by atoms with Gasteiger partial charge >= 0.3 is 5.69 Å². The molecule has 0 bridgehead atoms. The highest BCUT2D eigenvalue weighted by atomic mass is 16.2. The van der Waals surface area contributed by atoms with Gasteiger partial charge in [0.25, 0.3) is 5.56 Å². The minimum atomic E-state index is -0.455. The standard InChI is InChI=1S/C11H18N4O3/c1-7(2)5-9(16)13-12-8-6-10(17)15(4)11(18)14(8)3/h6-7,12H,5H2,1-4H3,(H,13,16). The normalized spacial score (nSPS) is 10.5. The van der Waals surface area contributed by atoms with E-state index in [9.17, 15) is 14.4 Å². The number of nitrogens with zero attached hydrogens (tertiary/aromatic N) is 2. The summed E-state index contributed by atoms with van der Waals surface area (Å²) in [6.07, 6.45) is 0.367. The number of hydrogen-bond donors (Lipinski definition) is 2. The first-order chi connectivity index (χ1) is 8.32. The van der Waals surface area contributed by atoms with E-state index in [4.69, 9.17) is 0 Å². The van der Waals surface area contributed by atoms with Crippen molar-refractivity contribution in [3.63, 3.8) is 0 Å². The predicted molar refractivity (Wildman–Crippen MR) is 68.1 cm³/mol. The van der Waals surface area contributed by atoms with Crippen LogP contribution in [-0.2, 0) is 18.9 Å². The lowest BCUT2D eigenvalue weighted by atomic mass is 10.1. The van der Waals surface area contributed by atoms with Crippen molar-refractivity contribution in [3.8, 4) is 0 Å². The number of nitrogens with one attached hydrogen (secondary N) is 2. The Hall–Kier alpha value is -2.05. The Labute approximate surface area is 104 Å². The number of amides is 1. The second kappa shape index (κ2) is 5.52. The van der Waals surface area contributed by atoms with Crippen LogP contribution in [-0.4, -0.2) is 15.0 Å². The quantitative estimate of drug-likeness (QED) is 0.714. The molecule has 0 saturated heterocycles. The van der Waals surface area contributed by atoms with Gasteiger partial charge in [-0.1, -0.05) is 13.8 Å². The summed E-state index contributed by atoms with van der Waals surface area (Å²) in [5.41, 5.74) is 4.14. The van der Waals surface area contributed by atoms with Gasteiger partial charge < -0.3 is 0 Å². The van der Waals surface area contributed by atoms with Crippen molar-refractivity contribution >= 4 is 11.7 Å². The van der Waals surface area contributed by atoms with E-state index in [0.29, 0.717) is 6.42 Å². The molecular weight excluding hydrogens is 236 g/mol. The Kier molecular flexibility index (Phi) is 4.30. The Bertz CT molecular complexity index is 556. The molecule has 0 atom stereocenters. The molecule has 1 aromatic heterocycles. The van der Waals surface area contributed by atoms with Crippen molar-refractivity contribution in [2.45, 2.75) is 20.3 Å². The van der Waals surface area contributed by atoms with Gasteiger partial charge in [-0.3, -0.25) is 29.6 Å². The van der Waals surface area contributed by atoms with Crippen LogP contribution in [0.15, 0.2) is 15.7 Å². The van der Waals surface area contributed by atoms with E-state index in [0.717, 1.165) is 4.57 Å². The van der Waals surface area contributed by atoms with Crippen LogP contribution in [0.5, 0.6) is 0 Å². The zero-order valence-electron chi connectivity index (χ0n) is 11.0. The number of carbonyl (C=O) groups is 1. The fraction of sp³-hybridized carbons (Fsp3) is 0.545. The summed E-state index contributed by atoms with van der Waals surface area (Å²) in [4.78, 5) is 34.5. The monoisotopic (exact) mass is 254 g/mol. The van der Waals surface area contributed by atoms with Crippen molar-refractivity contribution in [1.82, 2.24) is 14.6 Å². The maximum Gasteiger partial charge on any atom is 0.332 e.